The van der Waals surface area contributed by atoms with Crippen LogP contribution in [0, 0.1) is 6.92 Å². The van der Waals surface area contributed by atoms with Crippen LogP contribution in [0.5, 0.6) is 0 Å². The number of carbonyl (C=O) groups excluding carboxylic acids is 1. The van der Waals surface area contributed by atoms with Crippen LogP contribution in [0.1, 0.15) is 34.2 Å². The van der Waals surface area contributed by atoms with Crippen molar-refractivity contribution in [2.75, 3.05) is 19.6 Å². The van der Waals surface area contributed by atoms with Crippen molar-refractivity contribution in [2.24, 2.45) is 5.73 Å². The maximum atomic E-state index is 13.1. The van der Waals surface area contributed by atoms with Gasteiger partial charge in [0.25, 0.3) is 5.91 Å². The molecule has 148 valence electrons. The average molecular weight is 390 g/mol. The lowest BCUT2D eigenvalue weighted by Crippen LogP contribution is -2.28. The van der Waals surface area contributed by atoms with Crippen molar-refractivity contribution in [3.05, 3.63) is 53.7 Å². The fourth-order valence-electron chi connectivity index (χ4n) is 4.14. The topological polar surface area (TPSA) is 103 Å². The molecule has 0 saturated carbocycles. The van der Waals surface area contributed by atoms with E-state index in [0.29, 0.717) is 31.7 Å². The SMILES string of the molecule is Cc1cc2cc(C(=O)N3CCC(c4nn(CCN)c5nccnc45)C3)ccc2o1. The molecule has 4 aromatic rings. The van der Waals surface area contributed by atoms with Crippen LogP contribution in [0.15, 0.2) is 41.1 Å². The van der Waals surface area contributed by atoms with Gasteiger partial charge in [0.15, 0.2) is 5.65 Å². The quantitative estimate of drug-likeness (QED) is 0.574. The molecular weight excluding hydrogens is 368 g/mol. The molecule has 0 bridgehead atoms. The van der Waals surface area contributed by atoms with E-state index in [1.807, 2.05) is 40.8 Å². The summed E-state index contributed by atoms with van der Waals surface area (Å²) in [6, 6.07) is 7.55. The number of carbonyl (C=O) groups is 1. The molecule has 29 heavy (non-hydrogen) atoms. The minimum absolute atomic E-state index is 0.0324. The summed E-state index contributed by atoms with van der Waals surface area (Å²) in [7, 11) is 0. The first-order valence-electron chi connectivity index (χ1n) is 9.81. The fraction of sp³-hybridized carbons (Fsp3) is 0.333. The third-order valence-corrected chi connectivity index (χ3v) is 5.48. The number of amides is 1. The zero-order chi connectivity index (χ0) is 20.0. The molecule has 1 aliphatic rings. The largest absolute Gasteiger partial charge is 0.461 e. The van der Waals surface area contributed by atoms with E-state index in [-0.39, 0.29) is 11.8 Å². The van der Waals surface area contributed by atoms with Crippen molar-refractivity contribution >= 4 is 28.0 Å². The predicted octanol–water partition coefficient (Wildman–Crippen LogP) is 2.47. The van der Waals surface area contributed by atoms with E-state index in [1.54, 1.807) is 12.4 Å². The Hall–Kier alpha value is -3.26. The lowest BCUT2D eigenvalue weighted by Gasteiger charge is -2.16. The molecule has 0 spiro atoms. The van der Waals surface area contributed by atoms with Crippen LogP contribution in [-0.2, 0) is 6.54 Å². The number of aryl methyl sites for hydroxylation is 1. The Bertz CT molecular complexity index is 1210. The van der Waals surface area contributed by atoms with E-state index in [2.05, 4.69) is 9.97 Å². The number of nitrogens with zero attached hydrogens (tertiary/aromatic N) is 5. The molecule has 3 aromatic heterocycles. The third kappa shape index (κ3) is 3.05. The van der Waals surface area contributed by atoms with Crippen LogP contribution in [0.25, 0.3) is 22.1 Å². The number of nitrogens with two attached hydrogens (primary N) is 1. The molecular formula is C21H22N6O2. The number of likely N-dealkylation sites (tertiary alicyclic amines) is 1. The highest BCUT2D eigenvalue weighted by Crippen LogP contribution is 2.31. The van der Waals surface area contributed by atoms with E-state index in [4.69, 9.17) is 15.2 Å². The summed E-state index contributed by atoms with van der Waals surface area (Å²) in [5, 5.41) is 5.68. The lowest BCUT2D eigenvalue weighted by atomic mass is 10.0. The van der Waals surface area contributed by atoms with E-state index >= 15 is 0 Å². The normalized spacial score (nSPS) is 16.9. The van der Waals surface area contributed by atoms with Gasteiger partial charge in [0, 0.05) is 48.9 Å². The van der Waals surface area contributed by atoms with Crippen molar-refractivity contribution in [3.8, 4) is 0 Å². The molecule has 8 heteroatoms. The summed E-state index contributed by atoms with van der Waals surface area (Å²) in [5.74, 6) is 1.01. The number of rotatable bonds is 4. The van der Waals surface area contributed by atoms with Gasteiger partial charge in [-0.25, -0.2) is 14.6 Å². The molecule has 1 aliphatic heterocycles. The number of fused-ring (bicyclic) bond motifs is 2. The lowest BCUT2D eigenvalue weighted by molar-refractivity contribution is 0.0791. The Morgan fingerprint density at radius 1 is 1.28 bits per heavy atom. The fourth-order valence-corrected chi connectivity index (χ4v) is 4.14. The Labute approximate surface area is 167 Å². The molecule has 1 atom stereocenters. The van der Waals surface area contributed by atoms with Crippen LogP contribution in [0.4, 0.5) is 0 Å². The van der Waals surface area contributed by atoms with Gasteiger partial charge in [0.05, 0.1) is 12.2 Å². The second-order valence-electron chi connectivity index (χ2n) is 7.47. The van der Waals surface area contributed by atoms with Gasteiger partial charge in [-0.3, -0.25) is 4.79 Å². The van der Waals surface area contributed by atoms with Gasteiger partial charge in [-0.15, -0.1) is 0 Å². The Morgan fingerprint density at radius 2 is 2.14 bits per heavy atom. The van der Waals surface area contributed by atoms with Crippen LogP contribution in [-0.4, -0.2) is 50.2 Å². The first-order chi connectivity index (χ1) is 14.1. The standard InChI is InChI=1S/C21H22N6O2/c1-13-10-16-11-14(2-3-17(16)29-13)21(28)26-8-4-15(12-26)18-19-20(24-7-6-23-19)27(25-18)9-5-22/h2-3,6-7,10-11,15H,4-5,8-9,12,22H2,1H3. The number of aromatic nitrogens is 4. The molecule has 1 amide bonds. The molecule has 1 aromatic carbocycles. The van der Waals surface area contributed by atoms with E-state index in [9.17, 15) is 4.79 Å². The Balaban J connectivity index is 1.41. The molecule has 8 nitrogen and oxygen atoms in total. The molecule has 0 radical (unpaired) electrons. The summed E-state index contributed by atoms with van der Waals surface area (Å²) in [5.41, 5.74) is 9.64. The predicted molar refractivity (Wildman–Crippen MR) is 109 cm³/mol. The van der Waals surface area contributed by atoms with Crippen LogP contribution < -0.4 is 5.73 Å². The highest BCUT2D eigenvalue weighted by atomic mass is 16.3. The van der Waals surface area contributed by atoms with E-state index in [0.717, 1.165) is 40.0 Å². The van der Waals surface area contributed by atoms with Crippen LogP contribution in [0.3, 0.4) is 0 Å². The zero-order valence-electron chi connectivity index (χ0n) is 16.2. The summed E-state index contributed by atoms with van der Waals surface area (Å²) in [6.07, 6.45) is 4.20. The van der Waals surface area contributed by atoms with Gasteiger partial charge in [-0.2, -0.15) is 5.10 Å². The molecule has 2 N–H and O–H groups in total. The number of benzene rings is 1. The molecule has 1 saturated heterocycles. The van der Waals surface area contributed by atoms with Crippen molar-refractivity contribution in [3.63, 3.8) is 0 Å². The highest BCUT2D eigenvalue weighted by Gasteiger charge is 2.32. The van der Waals surface area contributed by atoms with Gasteiger partial charge in [0.1, 0.15) is 16.9 Å². The van der Waals surface area contributed by atoms with E-state index < -0.39 is 0 Å². The van der Waals surface area contributed by atoms with Crippen LogP contribution >= 0.6 is 0 Å². The van der Waals surface area contributed by atoms with Gasteiger partial charge < -0.3 is 15.1 Å². The summed E-state index contributed by atoms with van der Waals surface area (Å²) < 4.78 is 7.43. The summed E-state index contributed by atoms with van der Waals surface area (Å²) >= 11 is 0. The third-order valence-electron chi connectivity index (χ3n) is 5.48. The number of furan rings is 1. The highest BCUT2D eigenvalue weighted by molar-refractivity contribution is 5.98. The Morgan fingerprint density at radius 3 is 3.00 bits per heavy atom. The zero-order valence-corrected chi connectivity index (χ0v) is 16.2. The van der Waals surface area contributed by atoms with Crippen molar-refractivity contribution in [2.45, 2.75) is 25.8 Å². The van der Waals surface area contributed by atoms with Gasteiger partial charge in [-0.1, -0.05) is 0 Å². The van der Waals surface area contributed by atoms with Crippen molar-refractivity contribution in [1.82, 2.24) is 24.6 Å². The molecule has 1 fully saturated rings. The maximum Gasteiger partial charge on any atom is 0.253 e. The second kappa shape index (κ2) is 6.97. The van der Waals surface area contributed by atoms with Crippen LogP contribution in [0.2, 0.25) is 0 Å². The number of hydrogen-bond donors (Lipinski definition) is 1. The van der Waals surface area contributed by atoms with E-state index in [1.165, 1.54) is 0 Å². The minimum atomic E-state index is 0.0324. The smallest absolute Gasteiger partial charge is 0.253 e. The summed E-state index contributed by atoms with van der Waals surface area (Å²) in [4.78, 5) is 23.9. The monoisotopic (exact) mass is 390 g/mol. The first kappa shape index (κ1) is 17.8. The first-order valence-corrected chi connectivity index (χ1v) is 9.81. The van der Waals surface area contributed by atoms with Crippen molar-refractivity contribution in [1.29, 1.82) is 0 Å². The van der Waals surface area contributed by atoms with Gasteiger partial charge in [-0.05, 0) is 37.6 Å². The number of hydrogen-bond acceptors (Lipinski definition) is 6. The maximum absolute atomic E-state index is 13.1. The van der Waals surface area contributed by atoms with Crippen molar-refractivity contribution < 1.29 is 9.21 Å². The molecule has 1 unspecified atom stereocenters. The Kier molecular flexibility index (Phi) is 4.28. The molecule has 0 aliphatic carbocycles. The summed E-state index contributed by atoms with van der Waals surface area (Å²) in [6.45, 7) is 4.29. The molecule has 5 rings (SSSR count). The van der Waals surface area contributed by atoms with Gasteiger partial charge in [0.2, 0.25) is 0 Å². The second-order valence-corrected chi connectivity index (χ2v) is 7.47. The van der Waals surface area contributed by atoms with Gasteiger partial charge >= 0.3 is 0 Å². The average Bonchev–Trinajstić information content (AvgIpc) is 3.43. The molecule has 4 heterocycles. The minimum Gasteiger partial charge on any atom is -0.461 e.